The highest BCUT2D eigenvalue weighted by atomic mass is 19.1. The lowest BCUT2D eigenvalue weighted by Gasteiger charge is -2.19. The second-order valence-electron chi connectivity index (χ2n) is 5.32. The molecule has 0 spiro atoms. The van der Waals surface area contributed by atoms with E-state index in [4.69, 9.17) is 5.11 Å². The van der Waals surface area contributed by atoms with Gasteiger partial charge in [-0.2, -0.15) is 0 Å². The second-order valence-corrected chi connectivity index (χ2v) is 5.32. The van der Waals surface area contributed by atoms with E-state index in [9.17, 15) is 19.1 Å². The van der Waals surface area contributed by atoms with Gasteiger partial charge in [-0.15, -0.1) is 0 Å². The fourth-order valence-corrected chi connectivity index (χ4v) is 2.70. The smallest absolute Gasteiger partial charge is 0.308 e. The third-order valence-electron chi connectivity index (χ3n) is 3.79. The minimum atomic E-state index is -1.11. The van der Waals surface area contributed by atoms with Gasteiger partial charge in [-0.05, 0) is 30.5 Å². The summed E-state index contributed by atoms with van der Waals surface area (Å²) in [5, 5.41) is 21.6. The van der Waals surface area contributed by atoms with E-state index in [1.165, 1.54) is 24.3 Å². The first-order valence-electron chi connectivity index (χ1n) is 6.93. The molecule has 1 aliphatic carbocycles. The van der Waals surface area contributed by atoms with Crippen LogP contribution in [0.4, 0.5) is 4.39 Å². The molecule has 1 saturated carbocycles. The number of rotatable bonds is 5. The summed E-state index contributed by atoms with van der Waals surface area (Å²) in [6, 6.07) is 5.04. The Labute approximate surface area is 121 Å². The number of carboxylic acids is 1. The van der Waals surface area contributed by atoms with Gasteiger partial charge in [0.15, 0.2) is 0 Å². The SMILES string of the molecule is O=C(CC(O)c1cccc(F)c1)N[C@@H]1CCC[C@@H]1C(=O)O. The highest BCUT2D eigenvalue weighted by Gasteiger charge is 2.34. The summed E-state index contributed by atoms with van der Waals surface area (Å²) < 4.78 is 13.1. The van der Waals surface area contributed by atoms with Crippen LogP contribution in [0.25, 0.3) is 0 Å². The van der Waals surface area contributed by atoms with E-state index in [0.717, 1.165) is 6.42 Å². The maximum atomic E-state index is 13.1. The van der Waals surface area contributed by atoms with Crippen LogP contribution in [0.1, 0.15) is 37.4 Å². The molecule has 0 radical (unpaired) electrons. The van der Waals surface area contributed by atoms with Gasteiger partial charge in [-0.25, -0.2) is 4.39 Å². The maximum Gasteiger partial charge on any atom is 0.308 e. The van der Waals surface area contributed by atoms with Crippen LogP contribution in [0.3, 0.4) is 0 Å². The van der Waals surface area contributed by atoms with Crippen LogP contribution < -0.4 is 5.32 Å². The number of carbonyl (C=O) groups is 2. The van der Waals surface area contributed by atoms with E-state index < -0.39 is 35.8 Å². The highest BCUT2D eigenvalue weighted by Crippen LogP contribution is 2.26. The normalized spacial score (nSPS) is 22.8. The van der Waals surface area contributed by atoms with Crippen LogP contribution >= 0.6 is 0 Å². The number of carbonyl (C=O) groups excluding carboxylic acids is 1. The Morgan fingerprint density at radius 2 is 2.14 bits per heavy atom. The van der Waals surface area contributed by atoms with Crippen LogP contribution in [0.15, 0.2) is 24.3 Å². The van der Waals surface area contributed by atoms with Gasteiger partial charge < -0.3 is 15.5 Å². The average molecular weight is 295 g/mol. The first kappa shape index (κ1) is 15.4. The van der Waals surface area contributed by atoms with Crippen molar-refractivity contribution in [3.05, 3.63) is 35.6 Å². The molecule has 5 nitrogen and oxygen atoms in total. The molecule has 6 heteroatoms. The Hall–Kier alpha value is -1.95. The van der Waals surface area contributed by atoms with Crippen molar-refractivity contribution in [2.24, 2.45) is 5.92 Å². The first-order valence-corrected chi connectivity index (χ1v) is 6.93. The summed E-state index contributed by atoms with van der Waals surface area (Å²) in [7, 11) is 0. The molecule has 1 fully saturated rings. The number of aliphatic carboxylic acids is 1. The quantitative estimate of drug-likeness (QED) is 0.770. The zero-order chi connectivity index (χ0) is 15.4. The lowest BCUT2D eigenvalue weighted by atomic mass is 10.0. The number of amides is 1. The number of carboxylic acid groups (broad SMARTS) is 1. The molecule has 3 atom stereocenters. The van der Waals surface area contributed by atoms with E-state index in [-0.39, 0.29) is 6.42 Å². The molecular formula is C15H18FNO4. The van der Waals surface area contributed by atoms with Crippen LogP contribution in [0.5, 0.6) is 0 Å². The van der Waals surface area contributed by atoms with Gasteiger partial charge in [0.1, 0.15) is 5.82 Å². The van der Waals surface area contributed by atoms with Gasteiger partial charge in [0.2, 0.25) is 5.91 Å². The topological polar surface area (TPSA) is 86.6 Å². The van der Waals surface area contributed by atoms with Gasteiger partial charge in [0.25, 0.3) is 0 Å². The lowest BCUT2D eigenvalue weighted by molar-refractivity contribution is -0.142. The third-order valence-corrected chi connectivity index (χ3v) is 3.79. The number of benzene rings is 1. The molecule has 2 rings (SSSR count). The van der Waals surface area contributed by atoms with Crippen molar-refractivity contribution in [1.82, 2.24) is 5.32 Å². The van der Waals surface area contributed by atoms with E-state index in [0.29, 0.717) is 18.4 Å². The Morgan fingerprint density at radius 1 is 1.38 bits per heavy atom. The van der Waals surface area contributed by atoms with Crippen molar-refractivity contribution in [2.75, 3.05) is 0 Å². The fraction of sp³-hybridized carbons (Fsp3) is 0.467. The average Bonchev–Trinajstić information content (AvgIpc) is 2.86. The Bertz CT molecular complexity index is 534. The molecule has 1 aliphatic rings. The zero-order valence-electron chi connectivity index (χ0n) is 11.5. The molecule has 0 heterocycles. The minimum Gasteiger partial charge on any atom is -0.481 e. The summed E-state index contributed by atoms with van der Waals surface area (Å²) in [5.74, 6) is -2.39. The first-order chi connectivity index (χ1) is 9.97. The summed E-state index contributed by atoms with van der Waals surface area (Å²) in [5.41, 5.74) is 0.325. The monoisotopic (exact) mass is 295 g/mol. The van der Waals surface area contributed by atoms with Crippen molar-refractivity contribution >= 4 is 11.9 Å². The predicted molar refractivity (Wildman–Crippen MR) is 72.9 cm³/mol. The molecule has 0 bridgehead atoms. The molecule has 0 aliphatic heterocycles. The Morgan fingerprint density at radius 3 is 2.81 bits per heavy atom. The van der Waals surface area contributed by atoms with Crippen molar-refractivity contribution < 1.29 is 24.2 Å². The molecule has 1 aromatic rings. The molecule has 3 N–H and O–H groups in total. The van der Waals surface area contributed by atoms with E-state index in [1.807, 2.05) is 0 Å². The van der Waals surface area contributed by atoms with Crippen LogP contribution in [-0.2, 0) is 9.59 Å². The van der Waals surface area contributed by atoms with E-state index >= 15 is 0 Å². The van der Waals surface area contributed by atoms with E-state index in [2.05, 4.69) is 5.32 Å². The molecule has 21 heavy (non-hydrogen) atoms. The van der Waals surface area contributed by atoms with Gasteiger partial charge in [0, 0.05) is 6.04 Å². The Balaban J connectivity index is 1.91. The van der Waals surface area contributed by atoms with Crippen LogP contribution in [0.2, 0.25) is 0 Å². The summed E-state index contributed by atoms with van der Waals surface area (Å²) in [6.45, 7) is 0. The number of aliphatic hydroxyl groups excluding tert-OH is 1. The van der Waals surface area contributed by atoms with Crippen LogP contribution in [-0.4, -0.2) is 28.1 Å². The summed E-state index contributed by atoms with van der Waals surface area (Å²) in [6.07, 6.45) is 0.608. The van der Waals surface area contributed by atoms with E-state index in [1.54, 1.807) is 0 Å². The number of hydrogen-bond acceptors (Lipinski definition) is 3. The minimum absolute atomic E-state index is 0.216. The largest absolute Gasteiger partial charge is 0.481 e. The number of halogens is 1. The number of nitrogens with one attached hydrogen (secondary N) is 1. The highest BCUT2D eigenvalue weighted by molar-refractivity contribution is 5.79. The van der Waals surface area contributed by atoms with Crippen molar-refractivity contribution in [3.63, 3.8) is 0 Å². The maximum absolute atomic E-state index is 13.1. The van der Waals surface area contributed by atoms with Crippen LogP contribution in [0, 0.1) is 11.7 Å². The molecule has 1 aromatic carbocycles. The third kappa shape index (κ3) is 4.01. The number of hydrogen-bond donors (Lipinski definition) is 3. The zero-order valence-corrected chi connectivity index (χ0v) is 11.5. The molecule has 1 amide bonds. The van der Waals surface area contributed by atoms with Gasteiger partial charge in [-0.3, -0.25) is 9.59 Å². The second kappa shape index (κ2) is 6.67. The molecule has 114 valence electrons. The molecular weight excluding hydrogens is 277 g/mol. The predicted octanol–water partition coefficient (Wildman–Crippen LogP) is 1.62. The lowest BCUT2D eigenvalue weighted by Crippen LogP contribution is -2.40. The number of aliphatic hydroxyl groups is 1. The van der Waals surface area contributed by atoms with Crippen molar-refractivity contribution in [1.29, 1.82) is 0 Å². The molecule has 1 unspecified atom stereocenters. The standard InChI is InChI=1S/C15H18FNO4/c16-10-4-1-3-9(7-10)13(18)8-14(19)17-12-6-2-5-11(12)15(20)21/h1,3-4,7,11-13,18H,2,5-6,8H2,(H,17,19)(H,20,21)/t11-,12+,13?/m0/s1. The summed E-state index contributed by atoms with van der Waals surface area (Å²) in [4.78, 5) is 22.9. The van der Waals surface area contributed by atoms with Gasteiger partial charge >= 0.3 is 5.97 Å². The molecule has 0 saturated heterocycles. The van der Waals surface area contributed by atoms with Crippen molar-refractivity contribution in [3.8, 4) is 0 Å². The Kier molecular flexibility index (Phi) is 4.90. The fourth-order valence-electron chi connectivity index (χ4n) is 2.70. The van der Waals surface area contributed by atoms with Gasteiger partial charge in [-0.1, -0.05) is 18.6 Å². The van der Waals surface area contributed by atoms with Gasteiger partial charge in [0.05, 0.1) is 18.4 Å². The molecule has 0 aromatic heterocycles. The van der Waals surface area contributed by atoms with Crippen molar-refractivity contribution in [2.45, 2.75) is 37.8 Å². The summed E-state index contributed by atoms with van der Waals surface area (Å²) >= 11 is 0.